The van der Waals surface area contributed by atoms with E-state index in [0.717, 1.165) is 16.3 Å². The van der Waals surface area contributed by atoms with Gasteiger partial charge in [0.2, 0.25) is 10.0 Å². The second-order valence-electron chi connectivity index (χ2n) is 4.87. The lowest BCUT2D eigenvalue weighted by Gasteiger charge is -2.19. The predicted molar refractivity (Wildman–Crippen MR) is 86.6 cm³/mol. The number of aryl methyl sites for hydroxylation is 1. The molecule has 116 valence electrons. The van der Waals surface area contributed by atoms with Crippen LogP contribution in [0.1, 0.15) is 16.1 Å². The van der Waals surface area contributed by atoms with Gasteiger partial charge in [0, 0.05) is 12.7 Å². The Kier molecular flexibility index (Phi) is 4.46. The first-order chi connectivity index (χ1) is 10.3. The van der Waals surface area contributed by atoms with Crippen molar-refractivity contribution in [3.8, 4) is 0 Å². The Morgan fingerprint density at radius 2 is 1.82 bits per heavy atom. The molecule has 0 aliphatic heterocycles. The lowest BCUT2D eigenvalue weighted by molar-refractivity contribution is 0.102. The summed E-state index contributed by atoms with van der Waals surface area (Å²) in [7, 11) is -2.04. The number of para-hydroxylation sites is 1. The normalized spacial score (nSPS) is 11.0. The van der Waals surface area contributed by atoms with E-state index in [-0.39, 0.29) is 5.56 Å². The topological polar surface area (TPSA) is 79.4 Å². The monoisotopic (exact) mass is 319 g/mol. The summed E-state index contributed by atoms with van der Waals surface area (Å²) in [6.45, 7) is 1.82. The van der Waals surface area contributed by atoms with Crippen LogP contribution in [0.4, 0.5) is 11.5 Å². The van der Waals surface area contributed by atoms with Crippen LogP contribution in [-0.2, 0) is 10.0 Å². The number of hydrogen-bond acceptors (Lipinski definition) is 4. The summed E-state index contributed by atoms with van der Waals surface area (Å²) in [5.74, 6) is 0.00557. The molecule has 0 fully saturated rings. The van der Waals surface area contributed by atoms with E-state index in [4.69, 9.17) is 0 Å². The molecule has 0 radical (unpaired) electrons. The van der Waals surface area contributed by atoms with E-state index in [1.54, 1.807) is 36.4 Å². The number of carbonyl (C=O) groups excluding carboxylic acids is 1. The number of hydrogen-bond donors (Lipinski definition) is 1. The molecule has 1 N–H and O–H groups in total. The van der Waals surface area contributed by atoms with Crippen molar-refractivity contribution >= 4 is 27.4 Å². The maximum Gasteiger partial charge on any atom is 0.258 e. The number of sulfonamides is 1. The second kappa shape index (κ2) is 6.15. The van der Waals surface area contributed by atoms with E-state index in [0.29, 0.717) is 11.5 Å². The molecule has 7 heteroatoms. The highest BCUT2D eigenvalue weighted by atomic mass is 32.2. The third kappa shape index (κ3) is 3.62. The Bertz CT molecular complexity index is 803. The first-order valence-electron chi connectivity index (χ1n) is 6.57. The predicted octanol–water partition coefficient (Wildman–Crippen LogP) is 2.04. The molecule has 1 amide bonds. The Hall–Kier alpha value is -2.41. The molecular formula is C15H17N3O3S. The molecule has 0 saturated heterocycles. The summed E-state index contributed by atoms with van der Waals surface area (Å²) in [5.41, 5.74) is 1.35. The lowest BCUT2D eigenvalue weighted by atomic mass is 10.1. The van der Waals surface area contributed by atoms with Gasteiger partial charge in [0.1, 0.15) is 5.82 Å². The Balaban J connectivity index is 2.35. The number of benzene rings is 1. The smallest absolute Gasteiger partial charge is 0.258 e. The van der Waals surface area contributed by atoms with Gasteiger partial charge < -0.3 is 5.32 Å². The Morgan fingerprint density at radius 1 is 1.14 bits per heavy atom. The first kappa shape index (κ1) is 16.0. The standard InChI is InChI=1S/C15H17N3O3S/c1-11-7-6-10-14(16-11)17-15(19)12-8-4-5-9-13(12)18(2)22(3,20)21/h4-10H,1-3H3,(H,16,17,19). The van der Waals surface area contributed by atoms with Crippen molar-refractivity contribution in [2.45, 2.75) is 6.92 Å². The minimum Gasteiger partial charge on any atom is -0.306 e. The van der Waals surface area contributed by atoms with Crippen molar-refractivity contribution in [2.24, 2.45) is 0 Å². The van der Waals surface area contributed by atoms with Gasteiger partial charge in [0.15, 0.2) is 0 Å². The van der Waals surface area contributed by atoms with Gasteiger partial charge in [-0.2, -0.15) is 0 Å². The number of pyridine rings is 1. The van der Waals surface area contributed by atoms with Crippen LogP contribution >= 0.6 is 0 Å². The fourth-order valence-corrected chi connectivity index (χ4v) is 2.43. The minimum absolute atomic E-state index is 0.263. The van der Waals surface area contributed by atoms with Crippen molar-refractivity contribution in [2.75, 3.05) is 22.9 Å². The van der Waals surface area contributed by atoms with E-state index in [2.05, 4.69) is 10.3 Å². The number of nitrogens with zero attached hydrogens (tertiary/aromatic N) is 2. The van der Waals surface area contributed by atoms with E-state index < -0.39 is 15.9 Å². The van der Waals surface area contributed by atoms with E-state index in [1.807, 2.05) is 13.0 Å². The number of anilines is 2. The minimum atomic E-state index is -3.45. The van der Waals surface area contributed by atoms with Crippen LogP contribution in [0.5, 0.6) is 0 Å². The molecule has 0 unspecified atom stereocenters. The van der Waals surface area contributed by atoms with Crippen LogP contribution in [0.2, 0.25) is 0 Å². The van der Waals surface area contributed by atoms with Gasteiger partial charge in [-0.3, -0.25) is 9.10 Å². The zero-order chi connectivity index (χ0) is 16.3. The fourth-order valence-electron chi connectivity index (χ4n) is 1.92. The van der Waals surface area contributed by atoms with E-state index >= 15 is 0 Å². The van der Waals surface area contributed by atoms with Crippen molar-refractivity contribution in [3.63, 3.8) is 0 Å². The molecule has 2 aromatic rings. The average Bonchev–Trinajstić information content (AvgIpc) is 2.45. The molecule has 0 aliphatic rings. The van der Waals surface area contributed by atoms with Crippen LogP contribution in [0, 0.1) is 6.92 Å². The van der Waals surface area contributed by atoms with Crippen LogP contribution in [0.15, 0.2) is 42.5 Å². The summed E-state index contributed by atoms with van der Waals surface area (Å²) < 4.78 is 24.5. The third-order valence-corrected chi connectivity index (χ3v) is 4.31. The molecule has 1 aromatic carbocycles. The highest BCUT2D eigenvalue weighted by Gasteiger charge is 2.19. The Morgan fingerprint density at radius 3 is 2.45 bits per heavy atom. The largest absolute Gasteiger partial charge is 0.306 e. The molecule has 22 heavy (non-hydrogen) atoms. The molecule has 0 spiro atoms. The lowest BCUT2D eigenvalue weighted by Crippen LogP contribution is -2.27. The number of carbonyl (C=O) groups is 1. The summed E-state index contributed by atoms with van der Waals surface area (Å²) in [6, 6.07) is 11.8. The number of amides is 1. The summed E-state index contributed by atoms with van der Waals surface area (Å²) in [4.78, 5) is 16.6. The van der Waals surface area contributed by atoms with E-state index in [1.165, 1.54) is 7.05 Å². The third-order valence-electron chi connectivity index (χ3n) is 3.12. The van der Waals surface area contributed by atoms with Gasteiger partial charge in [-0.05, 0) is 31.2 Å². The molecular weight excluding hydrogens is 302 g/mol. The van der Waals surface area contributed by atoms with Gasteiger partial charge in [0.25, 0.3) is 5.91 Å². The maximum atomic E-state index is 12.4. The van der Waals surface area contributed by atoms with Crippen molar-refractivity contribution in [3.05, 3.63) is 53.7 Å². The van der Waals surface area contributed by atoms with Crippen LogP contribution in [0.3, 0.4) is 0 Å². The van der Waals surface area contributed by atoms with E-state index in [9.17, 15) is 13.2 Å². The molecule has 1 heterocycles. The highest BCUT2D eigenvalue weighted by Crippen LogP contribution is 2.22. The van der Waals surface area contributed by atoms with Crippen LogP contribution in [0.25, 0.3) is 0 Å². The van der Waals surface area contributed by atoms with Gasteiger partial charge in [-0.1, -0.05) is 18.2 Å². The fraction of sp³-hybridized carbons (Fsp3) is 0.200. The average molecular weight is 319 g/mol. The van der Waals surface area contributed by atoms with Gasteiger partial charge in [-0.15, -0.1) is 0 Å². The number of nitrogens with one attached hydrogen (secondary N) is 1. The number of aromatic nitrogens is 1. The van der Waals surface area contributed by atoms with Gasteiger partial charge in [-0.25, -0.2) is 13.4 Å². The molecule has 2 rings (SSSR count). The SMILES string of the molecule is Cc1cccc(NC(=O)c2ccccc2N(C)S(C)(=O)=O)n1. The summed E-state index contributed by atoms with van der Waals surface area (Å²) in [6.07, 6.45) is 1.09. The highest BCUT2D eigenvalue weighted by molar-refractivity contribution is 7.92. The maximum absolute atomic E-state index is 12.4. The molecule has 0 atom stereocenters. The first-order valence-corrected chi connectivity index (χ1v) is 8.42. The van der Waals surface area contributed by atoms with Crippen LogP contribution < -0.4 is 9.62 Å². The molecule has 0 aliphatic carbocycles. The summed E-state index contributed by atoms with van der Waals surface area (Å²) in [5, 5.41) is 2.67. The molecule has 0 bridgehead atoms. The van der Waals surface area contributed by atoms with Crippen LogP contribution in [-0.4, -0.2) is 32.6 Å². The van der Waals surface area contributed by atoms with Gasteiger partial charge in [0.05, 0.1) is 17.5 Å². The zero-order valence-electron chi connectivity index (χ0n) is 12.6. The van der Waals surface area contributed by atoms with Crippen molar-refractivity contribution < 1.29 is 13.2 Å². The molecule has 1 aromatic heterocycles. The quantitative estimate of drug-likeness (QED) is 0.935. The van der Waals surface area contributed by atoms with Crippen molar-refractivity contribution in [1.82, 2.24) is 4.98 Å². The summed E-state index contributed by atoms with van der Waals surface area (Å²) >= 11 is 0. The second-order valence-corrected chi connectivity index (χ2v) is 6.88. The molecule has 0 saturated carbocycles. The zero-order valence-corrected chi connectivity index (χ0v) is 13.4. The van der Waals surface area contributed by atoms with Crippen molar-refractivity contribution in [1.29, 1.82) is 0 Å². The number of rotatable bonds is 4. The molecule has 6 nitrogen and oxygen atoms in total. The Labute approximate surface area is 129 Å². The van der Waals surface area contributed by atoms with Gasteiger partial charge >= 0.3 is 0 Å².